The minimum Gasteiger partial charge on any atom is -0.479 e. The van der Waals surface area contributed by atoms with Crippen LogP contribution < -0.4 is 0 Å². The Morgan fingerprint density at radius 3 is 2.27 bits per heavy atom. The monoisotopic (exact) mass is 576 g/mol. The smallest absolute Gasteiger partial charge is 0.332 e. The number of carbonyl (C=O) groups is 1. The van der Waals surface area contributed by atoms with Gasteiger partial charge >= 0.3 is 5.97 Å². The summed E-state index contributed by atoms with van der Waals surface area (Å²) in [6, 6.07) is 0. The second-order valence-electron chi connectivity index (χ2n) is 12.3. The van der Waals surface area contributed by atoms with Crippen LogP contribution in [0.25, 0.3) is 0 Å². The van der Waals surface area contributed by atoms with Gasteiger partial charge in [-0.1, -0.05) is 13.3 Å². The van der Waals surface area contributed by atoms with E-state index in [4.69, 9.17) is 28.4 Å². The number of aliphatic hydroxyl groups is 5. The highest BCUT2D eigenvalue weighted by atomic mass is 16.7. The summed E-state index contributed by atoms with van der Waals surface area (Å²) in [5.74, 6) is -1.16. The van der Waals surface area contributed by atoms with Gasteiger partial charge in [-0.2, -0.15) is 0 Å². The van der Waals surface area contributed by atoms with Gasteiger partial charge in [-0.15, -0.1) is 0 Å². The van der Waals surface area contributed by atoms with Crippen molar-refractivity contribution in [1.82, 2.24) is 0 Å². The first-order valence-corrected chi connectivity index (χ1v) is 14.5. The zero-order chi connectivity index (χ0) is 28.8. The molecule has 0 aromatic heterocycles. The van der Waals surface area contributed by atoms with Crippen LogP contribution in [-0.2, 0) is 33.2 Å². The minimum atomic E-state index is -1.47. The average Bonchev–Trinajstić information content (AvgIpc) is 3.68. The summed E-state index contributed by atoms with van der Waals surface area (Å²) in [7, 11) is 0. The molecule has 2 aliphatic carbocycles. The van der Waals surface area contributed by atoms with Crippen molar-refractivity contribution in [2.45, 2.75) is 139 Å². The van der Waals surface area contributed by atoms with Crippen LogP contribution in [0.5, 0.6) is 0 Å². The fourth-order valence-corrected chi connectivity index (χ4v) is 6.43. The molecule has 13 heteroatoms. The number of aliphatic carboxylic acids is 1. The third-order valence-corrected chi connectivity index (χ3v) is 9.36. The van der Waals surface area contributed by atoms with Crippen molar-refractivity contribution in [3.63, 3.8) is 0 Å². The number of hydrogen-bond acceptors (Lipinski definition) is 12. The van der Waals surface area contributed by atoms with Crippen molar-refractivity contribution in [3.8, 4) is 0 Å². The Bertz CT molecular complexity index is 869. The Labute approximate surface area is 233 Å². The highest BCUT2D eigenvalue weighted by molar-refractivity contribution is 5.72. The summed E-state index contributed by atoms with van der Waals surface area (Å²) in [6.07, 6.45) is -9.22. The van der Waals surface area contributed by atoms with Crippen LogP contribution in [0.4, 0.5) is 0 Å². The molecule has 5 aliphatic rings. The second-order valence-corrected chi connectivity index (χ2v) is 12.3. The number of rotatable bonds is 6. The third-order valence-electron chi connectivity index (χ3n) is 9.36. The lowest BCUT2D eigenvalue weighted by molar-refractivity contribution is -0.352. The van der Waals surface area contributed by atoms with Gasteiger partial charge in [0.25, 0.3) is 0 Å². The van der Waals surface area contributed by atoms with E-state index in [2.05, 4.69) is 0 Å². The minimum absolute atomic E-state index is 0.0312. The molecular formula is C27H44O13. The van der Waals surface area contributed by atoms with E-state index in [1.807, 2.05) is 6.92 Å². The van der Waals surface area contributed by atoms with Crippen molar-refractivity contribution in [2.75, 3.05) is 13.2 Å². The topological polar surface area (TPSA) is 194 Å². The molecule has 5 rings (SSSR count). The highest BCUT2D eigenvalue weighted by Crippen LogP contribution is 2.51. The van der Waals surface area contributed by atoms with E-state index >= 15 is 0 Å². The molecule has 0 aromatic rings. The number of aliphatic hydroxyl groups excluding tert-OH is 5. The molecule has 40 heavy (non-hydrogen) atoms. The molecule has 3 heterocycles. The Morgan fingerprint density at radius 1 is 0.850 bits per heavy atom. The first-order valence-electron chi connectivity index (χ1n) is 14.5. The van der Waals surface area contributed by atoms with Crippen LogP contribution in [-0.4, -0.2) is 130 Å². The maximum Gasteiger partial charge on any atom is 0.332 e. The quantitative estimate of drug-likeness (QED) is 0.232. The molecule has 230 valence electrons. The first kappa shape index (κ1) is 30.5. The summed E-state index contributed by atoms with van der Waals surface area (Å²) in [5.41, 5.74) is -0.142. The maximum absolute atomic E-state index is 12.0. The largest absolute Gasteiger partial charge is 0.479 e. The van der Waals surface area contributed by atoms with E-state index in [0.29, 0.717) is 19.4 Å². The summed E-state index contributed by atoms with van der Waals surface area (Å²) < 4.78 is 36.6. The zero-order valence-electron chi connectivity index (χ0n) is 23.0. The summed E-state index contributed by atoms with van der Waals surface area (Å²) in [6.45, 7) is 3.35. The van der Waals surface area contributed by atoms with Crippen molar-refractivity contribution >= 4 is 5.97 Å². The SMILES string of the molecule is CC1O[C@@H](OC2[C@H](C)CCC[C@H]2O[C@@H]2OC(CO)[C@H](O)C3O[C@@H](C(=O)O)CCC4(CC4)COC32)[C@@H](O)C(O)[C@@H]1O. The lowest BCUT2D eigenvalue weighted by Gasteiger charge is -2.47. The molecule has 0 amide bonds. The molecule has 0 bridgehead atoms. The van der Waals surface area contributed by atoms with E-state index in [-0.39, 0.29) is 17.8 Å². The second kappa shape index (κ2) is 12.3. The van der Waals surface area contributed by atoms with E-state index in [9.17, 15) is 35.4 Å². The van der Waals surface area contributed by atoms with Crippen molar-refractivity contribution < 1.29 is 63.9 Å². The van der Waals surface area contributed by atoms with Gasteiger partial charge in [0.2, 0.25) is 0 Å². The number of carboxylic acid groups (broad SMARTS) is 1. The lowest BCUT2D eigenvalue weighted by Crippen LogP contribution is -2.63. The van der Waals surface area contributed by atoms with Crippen molar-refractivity contribution in [1.29, 1.82) is 0 Å². The van der Waals surface area contributed by atoms with Crippen LogP contribution >= 0.6 is 0 Å². The van der Waals surface area contributed by atoms with Crippen molar-refractivity contribution in [3.05, 3.63) is 0 Å². The van der Waals surface area contributed by atoms with Crippen LogP contribution in [0.3, 0.4) is 0 Å². The molecule has 6 N–H and O–H groups in total. The van der Waals surface area contributed by atoms with Gasteiger partial charge in [0.1, 0.15) is 42.7 Å². The summed E-state index contributed by atoms with van der Waals surface area (Å²) in [5, 5.41) is 61.7. The standard InChI is InChI=1S/C27H44O13/c1-12-4-3-5-14(21(12)40-25-20(32)19(31)17(29)13(2)36-25)38-26-23-22(18(30)16(10-28)39-26)37-15(24(33)34)6-7-27(8-9-27)11-35-23/h12-23,25-26,28-32H,3-11H2,1-2H3,(H,33,34)/t12-,13?,14-,15-,16?,17-,18+,19?,20+,21?,22?,23?,25+,26-/m1/s1. The predicted molar refractivity (Wildman–Crippen MR) is 134 cm³/mol. The molecule has 13 nitrogen and oxygen atoms in total. The Morgan fingerprint density at radius 2 is 1.60 bits per heavy atom. The van der Waals surface area contributed by atoms with Crippen LogP contribution in [0, 0.1) is 11.3 Å². The van der Waals surface area contributed by atoms with Gasteiger partial charge in [-0.05, 0) is 56.8 Å². The normalized spacial score (nSPS) is 49.4. The number of ether oxygens (including phenoxy) is 6. The van der Waals surface area contributed by atoms with Crippen LogP contribution in [0.1, 0.15) is 58.8 Å². The summed E-state index contributed by atoms with van der Waals surface area (Å²) in [4.78, 5) is 12.0. The van der Waals surface area contributed by atoms with Gasteiger partial charge in [-0.25, -0.2) is 4.79 Å². The molecule has 1 spiro atoms. The van der Waals surface area contributed by atoms with E-state index < -0.39 is 92.3 Å². The van der Waals surface area contributed by atoms with Gasteiger partial charge in [0.05, 0.1) is 31.5 Å². The first-order chi connectivity index (χ1) is 19.0. The van der Waals surface area contributed by atoms with E-state index in [1.165, 1.54) is 0 Å². The molecule has 14 atom stereocenters. The third kappa shape index (κ3) is 6.20. The van der Waals surface area contributed by atoms with E-state index in [1.54, 1.807) is 6.92 Å². The van der Waals surface area contributed by atoms with Gasteiger partial charge in [0.15, 0.2) is 18.7 Å². The van der Waals surface area contributed by atoms with E-state index in [0.717, 1.165) is 25.7 Å². The molecule has 0 radical (unpaired) electrons. The molecule has 6 unspecified atom stereocenters. The zero-order valence-corrected chi connectivity index (χ0v) is 23.0. The number of fused-ring (bicyclic) bond motifs is 1. The van der Waals surface area contributed by atoms with Crippen LogP contribution in [0.2, 0.25) is 0 Å². The molecule has 3 aliphatic heterocycles. The molecule has 3 saturated heterocycles. The van der Waals surface area contributed by atoms with Crippen molar-refractivity contribution in [2.24, 2.45) is 11.3 Å². The molecule has 5 fully saturated rings. The van der Waals surface area contributed by atoms with Gasteiger partial charge in [0, 0.05) is 0 Å². The average molecular weight is 577 g/mol. The summed E-state index contributed by atoms with van der Waals surface area (Å²) >= 11 is 0. The maximum atomic E-state index is 12.0. The highest BCUT2D eigenvalue weighted by Gasteiger charge is 2.54. The fourth-order valence-electron chi connectivity index (χ4n) is 6.43. The van der Waals surface area contributed by atoms with Gasteiger partial charge < -0.3 is 59.1 Å². The molecule has 0 aromatic carbocycles. The number of hydrogen-bond donors (Lipinski definition) is 6. The molecule has 2 saturated carbocycles. The van der Waals surface area contributed by atoms with Crippen LogP contribution in [0.15, 0.2) is 0 Å². The number of carboxylic acids is 1. The Hall–Kier alpha value is -0.970. The Balaban J connectivity index is 1.37. The Kier molecular flexibility index (Phi) is 9.40. The predicted octanol–water partition coefficient (Wildman–Crippen LogP) is -0.720. The van der Waals surface area contributed by atoms with Gasteiger partial charge in [-0.3, -0.25) is 0 Å². The fraction of sp³-hybridized carbons (Fsp3) is 0.963. The molecular weight excluding hydrogens is 532 g/mol. The lowest BCUT2D eigenvalue weighted by atomic mass is 9.85.